The molecular formula is C16H15BrO4. The van der Waals surface area contributed by atoms with Gasteiger partial charge in [-0.15, -0.1) is 0 Å². The van der Waals surface area contributed by atoms with E-state index in [-0.39, 0.29) is 5.78 Å². The number of Topliss-reactive ketones (excluding diaryl/α,β-unsaturated/α-hetero) is 1. The van der Waals surface area contributed by atoms with Gasteiger partial charge in [0.1, 0.15) is 17.1 Å². The molecule has 0 fully saturated rings. The molecule has 5 heteroatoms. The molecule has 4 nitrogen and oxygen atoms in total. The van der Waals surface area contributed by atoms with Gasteiger partial charge >= 0.3 is 5.97 Å². The number of rotatable bonds is 4. The molecule has 0 radical (unpaired) electrons. The molecule has 0 amide bonds. The molecule has 1 aromatic heterocycles. The predicted molar refractivity (Wildman–Crippen MR) is 81.5 cm³/mol. The number of hydrogen-bond donors (Lipinski definition) is 0. The first-order chi connectivity index (χ1) is 9.88. The lowest BCUT2D eigenvalue weighted by Crippen LogP contribution is -2.24. The Hall–Kier alpha value is -1.88. The number of benzene rings is 1. The third kappa shape index (κ3) is 3.61. The van der Waals surface area contributed by atoms with Gasteiger partial charge < -0.3 is 9.15 Å². The molecule has 1 atom stereocenters. The Kier molecular flexibility index (Phi) is 4.63. The molecule has 0 saturated carbocycles. The van der Waals surface area contributed by atoms with E-state index < -0.39 is 12.1 Å². The van der Waals surface area contributed by atoms with Crippen LogP contribution in [0.2, 0.25) is 0 Å². The molecule has 0 unspecified atom stereocenters. The summed E-state index contributed by atoms with van der Waals surface area (Å²) in [5.41, 5.74) is 0.849. The van der Waals surface area contributed by atoms with Crippen molar-refractivity contribution in [3.05, 3.63) is 57.5 Å². The Bertz CT molecular complexity index is 670. The zero-order valence-corrected chi connectivity index (χ0v) is 13.6. The first-order valence-corrected chi connectivity index (χ1v) is 7.25. The molecule has 0 N–H and O–H groups in total. The van der Waals surface area contributed by atoms with Crippen molar-refractivity contribution in [1.82, 2.24) is 0 Å². The fourth-order valence-electron chi connectivity index (χ4n) is 1.96. The van der Waals surface area contributed by atoms with Crippen LogP contribution in [0.4, 0.5) is 0 Å². The minimum absolute atomic E-state index is 0.242. The van der Waals surface area contributed by atoms with Crippen LogP contribution in [-0.4, -0.2) is 17.9 Å². The third-order valence-electron chi connectivity index (χ3n) is 3.04. The maximum absolute atomic E-state index is 12.2. The van der Waals surface area contributed by atoms with Gasteiger partial charge in [-0.25, -0.2) is 4.79 Å². The van der Waals surface area contributed by atoms with Gasteiger partial charge in [0.25, 0.3) is 0 Å². The fourth-order valence-corrected chi connectivity index (χ4v) is 2.22. The van der Waals surface area contributed by atoms with Gasteiger partial charge in [-0.05, 0) is 39.0 Å². The van der Waals surface area contributed by atoms with E-state index in [1.807, 2.05) is 0 Å². The first kappa shape index (κ1) is 15.5. The van der Waals surface area contributed by atoms with Crippen LogP contribution in [0.15, 0.2) is 39.2 Å². The Morgan fingerprint density at radius 2 is 1.81 bits per heavy atom. The van der Waals surface area contributed by atoms with Crippen molar-refractivity contribution in [3.63, 3.8) is 0 Å². The van der Waals surface area contributed by atoms with Crippen molar-refractivity contribution < 1.29 is 18.7 Å². The third-order valence-corrected chi connectivity index (χ3v) is 3.57. The number of carbonyl (C=O) groups is 2. The molecule has 0 aliphatic carbocycles. The number of aryl methyl sites for hydroxylation is 2. The molecule has 21 heavy (non-hydrogen) atoms. The summed E-state index contributed by atoms with van der Waals surface area (Å²) in [7, 11) is 0. The monoisotopic (exact) mass is 350 g/mol. The smallest absolute Gasteiger partial charge is 0.342 e. The van der Waals surface area contributed by atoms with Gasteiger partial charge in [-0.2, -0.15) is 0 Å². The summed E-state index contributed by atoms with van der Waals surface area (Å²) in [4.78, 5) is 24.2. The SMILES string of the molecule is Cc1cc(C(=O)O[C@@H](C)C(=O)c2ccc(Br)cc2)c(C)o1. The van der Waals surface area contributed by atoms with Crippen molar-refractivity contribution >= 4 is 27.7 Å². The van der Waals surface area contributed by atoms with E-state index in [1.54, 1.807) is 51.1 Å². The molecule has 0 aliphatic rings. The van der Waals surface area contributed by atoms with Gasteiger partial charge in [0.05, 0.1) is 0 Å². The van der Waals surface area contributed by atoms with Crippen LogP contribution in [0, 0.1) is 13.8 Å². The average molecular weight is 351 g/mol. The van der Waals surface area contributed by atoms with E-state index in [4.69, 9.17) is 9.15 Å². The Labute approximate surface area is 131 Å². The fraction of sp³-hybridized carbons (Fsp3) is 0.250. The van der Waals surface area contributed by atoms with Crippen LogP contribution in [-0.2, 0) is 4.74 Å². The van der Waals surface area contributed by atoms with Crippen molar-refractivity contribution in [1.29, 1.82) is 0 Å². The maximum atomic E-state index is 12.2. The highest BCUT2D eigenvalue weighted by Crippen LogP contribution is 2.17. The van der Waals surface area contributed by atoms with Crippen LogP contribution in [0.1, 0.15) is 39.2 Å². The van der Waals surface area contributed by atoms with Crippen molar-refractivity contribution in [2.75, 3.05) is 0 Å². The average Bonchev–Trinajstić information content (AvgIpc) is 2.77. The Morgan fingerprint density at radius 1 is 1.19 bits per heavy atom. The van der Waals surface area contributed by atoms with Crippen LogP contribution in [0.3, 0.4) is 0 Å². The van der Waals surface area contributed by atoms with E-state index in [1.165, 1.54) is 0 Å². The number of ether oxygens (including phenoxy) is 1. The van der Waals surface area contributed by atoms with Gasteiger partial charge in [-0.3, -0.25) is 4.79 Å². The highest BCUT2D eigenvalue weighted by molar-refractivity contribution is 9.10. The molecule has 2 rings (SSSR count). The zero-order valence-electron chi connectivity index (χ0n) is 12.0. The molecular weight excluding hydrogens is 336 g/mol. The largest absolute Gasteiger partial charge is 0.466 e. The van der Waals surface area contributed by atoms with E-state index >= 15 is 0 Å². The van der Waals surface area contributed by atoms with E-state index in [0.29, 0.717) is 22.6 Å². The van der Waals surface area contributed by atoms with Gasteiger partial charge in [0.15, 0.2) is 6.10 Å². The number of esters is 1. The lowest BCUT2D eigenvalue weighted by Gasteiger charge is -2.12. The number of ketones is 1. The summed E-state index contributed by atoms with van der Waals surface area (Å²) >= 11 is 3.31. The van der Waals surface area contributed by atoms with Gasteiger partial charge in [0, 0.05) is 10.0 Å². The van der Waals surface area contributed by atoms with Crippen LogP contribution >= 0.6 is 15.9 Å². The standard InChI is InChI=1S/C16H15BrO4/c1-9-8-14(10(2)20-9)16(19)21-11(3)15(18)12-4-6-13(17)7-5-12/h4-8,11H,1-3H3/t11-/m0/s1. The van der Waals surface area contributed by atoms with Gasteiger partial charge in [0.2, 0.25) is 5.78 Å². The number of furan rings is 1. The number of halogens is 1. The van der Waals surface area contributed by atoms with Crippen molar-refractivity contribution in [2.24, 2.45) is 0 Å². The summed E-state index contributed by atoms with van der Waals surface area (Å²) in [6, 6.07) is 8.51. The van der Waals surface area contributed by atoms with Gasteiger partial charge in [-0.1, -0.05) is 28.1 Å². The lowest BCUT2D eigenvalue weighted by molar-refractivity contribution is 0.0317. The summed E-state index contributed by atoms with van der Waals surface area (Å²) in [5.74, 6) is 0.322. The number of carbonyl (C=O) groups excluding carboxylic acids is 2. The van der Waals surface area contributed by atoms with Crippen LogP contribution < -0.4 is 0 Å². The zero-order chi connectivity index (χ0) is 15.6. The first-order valence-electron chi connectivity index (χ1n) is 6.46. The second kappa shape index (κ2) is 6.26. The molecule has 0 spiro atoms. The number of hydrogen-bond acceptors (Lipinski definition) is 4. The van der Waals surface area contributed by atoms with E-state index in [9.17, 15) is 9.59 Å². The van der Waals surface area contributed by atoms with Crippen molar-refractivity contribution in [2.45, 2.75) is 26.9 Å². The predicted octanol–water partition coefficient (Wildman–Crippen LogP) is 4.09. The molecule has 1 aromatic carbocycles. The molecule has 1 heterocycles. The highest BCUT2D eigenvalue weighted by atomic mass is 79.9. The summed E-state index contributed by atoms with van der Waals surface area (Å²) in [5, 5.41) is 0. The Balaban J connectivity index is 2.08. The lowest BCUT2D eigenvalue weighted by atomic mass is 10.1. The topological polar surface area (TPSA) is 56.5 Å². The van der Waals surface area contributed by atoms with Crippen molar-refractivity contribution in [3.8, 4) is 0 Å². The van der Waals surface area contributed by atoms with Crippen LogP contribution in [0.25, 0.3) is 0 Å². The quantitative estimate of drug-likeness (QED) is 0.615. The second-order valence-electron chi connectivity index (χ2n) is 4.75. The maximum Gasteiger partial charge on any atom is 0.342 e. The minimum Gasteiger partial charge on any atom is -0.466 e. The highest BCUT2D eigenvalue weighted by Gasteiger charge is 2.22. The molecule has 2 aromatic rings. The second-order valence-corrected chi connectivity index (χ2v) is 5.66. The summed E-state index contributed by atoms with van der Waals surface area (Å²) in [6.45, 7) is 5.00. The van der Waals surface area contributed by atoms with Crippen LogP contribution in [0.5, 0.6) is 0 Å². The van der Waals surface area contributed by atoms with E-state index in [2.05, 4.69) is 15.9 Å². The molecule has 110 valence electrons. The normalized spacial score (nSPS) is 12.0. The minimum atomic E-state index is -0.853. The Morgan fingerprint density at radius 3 is 2.33 bits per heavy atom. The summed E-state index contributed by atoms with van der Waals surface area (Å²) < 4.78 is 11.4. The molecule has 0 bridgehead atoms. The molecule has 0 aliphatic heterocycles. The van der Waals surface area contributed by atoms with E-state index in [0.717, 1.165) is 4.47 Å². The summed E-state index contributed by atoms with van der Waals surface area (Å²) in [6.07, 6.45) is -0.853. The molecule has 0 saturated heterocycles.